The van der Waals surface area contributed by atoms with Gasteiger partial charge in [0.1, 0.15) is 11.5 Å². The molecule has 152 valence electrons. The number of aromatic amines is 1. The second kappa shape index (κ2) is 8.72. The zero-order valence-electron chi connectivity index (χ0n) is 16.6. The molecule has 1 aromatic carbocycles. The number of amides is 1. The van der Waals surface area contributed by atoms with E-state index < -0.39 is 17.2 Å². The van der Waals surface area contributed by atoms with Gasteiger partial charge in [-0.25, -0.2) is 9.78 Å². The van der Waals surface area contributed by atoms with Gasteiger partial charge in [0.15, 0.2) is 5.69 Å². The molecule has 0 spiro atoms. The highest BCUT2D eigenvalue weighted by Gasteiger charge is 2.25. The van der Waals surface area contributed by atoms with E-state index in [1.54, 1.807) is 6.07 Å². The van der Waals surface area contributed by atoms with Gasteiger partial charge in [-0.3, -0.25) is 24.0 Å². The molecule has 2 heterocycles. The van der Waals surface area contributed by atoms with Gasteiger partial charge in [-0.15, -0.1) is 0 Å². The number of benzene rings is 1. The van der Waals surface area contributed by atoms with Crippen molar-refractivity contribution in [3.05, 3.63) is 62.9 Å². The number of anilines is 2. The van der Waals surface area contributed by atoms with Gasteiger partial charge in [-0.2, -0.15) is 0 Å². The van der Waals surface area contributed by atoms with Crippen LogP contribution in [0.3, 0.4) is 0 Å². The Kier molecular flexibility index (Phi) is 6.11. The maximum atomic E-state index is 13.3. The summed E-state index contributed by atoms with van der Waals surface area (Å²) in [6.45, 7) is 4.53. The molecular weight excluding hydrogens is 370 g/mol. The minimum absolute atomic E-state index is 0.00482. The van der Waals surface area contributed by atoms with Crippen LogP contribution in [0, 0.1) is 0 Å². The van der Waals surface area contributed by atoms with E-state index in [1.807, 2.05) is 44.2 Å². The number of carbonyl (C=O) groups is 1. The minimum atomic E-state index is -0.678. The normalized spacial score (nSPS) is 11.0. The van der Waals surface area contributed by atoms with Gasteiger partial charge in [-0.1, -0.05) is 44.5 Å². The molecule has 3 aromatic rings. The van der Waals surface area contributed by atoms with Crippen LogP contribution in [-0.2, 0) is 6.54 Å². The first kappa shape index (κ1) is 20.3. The van der Waals surface area contributed by atoms with E-state index in [2.05, 4.69) is 9.97 Å². The van der Waals surface area contributed by atoms with Crippen LogP contribution < -0.4 is 21.9 Å². The Morgan fingerprint density at radius 1 is 1.14 bits per heavy atom. The zero-order valence-corrected chi connectivity index (χ0v) is 16.6. The number of pyridine rings is 1. The first-order valence-corrected chi connectivity index (χ1v) is 9.78. The molecule has 0 saturated heterocycles. The molecule has 0 radical (unpaired) electrons. The molecule has 2 aromatic heterocycles. The summed E-state index contributed by atoms with van der Waals surface area (Å²) in [4.78, 5) is 46.1. The number of para-hydroxylation sites is 1. The van der Waals surface area contributed by atoms with E-state index in [-0.39, 0.29) is 23.7 Å². The van der Waals surface area contributed by atoms with Crippen LogP contribution in [-0.4, -0.2) is 27.0 Å². The van der Waals surface area contributed by atoms with Crippen LogP contribution in [0.5, 0.6) is 0 Å². The van der Waals surface area contributed by atoms with Crippen molar-refractivity contribution in [3.8, 4) is 0 Å². The molecule has 0 unspecified atom stereocenters. The average molecular weight is 395 g/mol. The molecule has 0 aliphatic carbocycles. The number of carbonyl (C=O) groups excluding carboxylic acids is 1. The van der Waals surface area contributed by atoms with Crippen LogP contribution in [0.2, 0.25) is 0 Å². The first-order valence-electron chi connectivity index (χ1n) is 9.78. The third kappa shape index (κ3) is 4.06. The van der Waals surface area contributed by atoms with Crippen molar-refractivity contribution in [2.45, 2.75) is 39.7 Å². The van der Waals surface area contributed by atoms with E-state index in [0.29, 0.717) is 18.5 Å². The Morgan fingerprint density at radius 3 is 2.62 bits per heavy atom. The van der Waals surface area contributed by atoms with Crippen LogP contribution in [0.4, 0.5) is 11.5 Å². The van der Waals surface area contributed by atoms with E-state index >= 15 is 0 Å². The van der Waals surface area contributed by atoms with Crippen LogP contribution in [0.1, 0.15) is 43.6 Å². The summed E-state index contributed by atoms with van der Waals surface area (Å²) in [5.74, 6) is -0.440. The number of H-pyrrole nitrogens is 1. The average Bonchev–Trinajstić information content (AvgIpc) is 2.72. The number of aromatic nitrogens is 3. The lowest BCUT2D eigenvalue weighted by Crippen LogP contribution is -2.41. The Bertz CT molecular complexity index is 1150. The lowest BCUT2D eigenvalue weighted by atomic mass is 10.2. The largest absolute Gasteiger partial charge is 0.383 e. The molecule has 0 aliphatic rings. The molecule has 0 aliphatic heterocycles. The fourth-order valence-electron chi connectivity index (χ4n) is 3.24. The SMILES string of the molecule is CCCCn1c(N)c(N(CCC)C(=O)c2ccc3ccccc3n2)c(=O)[nH]c1=O. The first-order chi connectivity index (χ1) is 14.0. The van der Waals surface area contributed by atoms with Gasteiger partial charge >= 0.3 is 5.69 Å². The molecule has 8 nitrogen and oxygen atoms in total. The molecule has 3 rings (SSSR count). The predicted molar refractivity (Wildman–Crippen MR) is 114 cm³/mol. The maximum Gasteiger partial charge on any atom is 0.330 e. The number of hydrogen-bond acceptors (Lipinski definition) is 5. The minimum Gasteiger partial charge on any atom is -0.383 e. The molecule has 29 heavy (non-hydrogen) atoms. The third-order valence-corrected chi connectivity index (χ3v) is 4.73. The molecule has 1 amide bonds. The second-order valence-electron chi connectivity index (χ2n) is 6.84. The molecular formula is C21H25N5O3. The fourth-order valence-corrected chi connectivity index (χ4v) is 3.24. The summed E-state index contributed by atoms with van der Waals surface area (Å²) in [6, 6.07) is 10.9. The van der Waals surface area contributed by atoms with Crippen LogP contribution in [0.25, 0.3) is 10.9 Å². The van der Waals surface area contributed by atoms with Gasteiger partial charge in [-0.05, 0) is 25.0 Å². The number of hydrogen-bond donors (Lipinski definition) is 2. The maximum absolute atomic E-state index is 13.3. The van der Waals surface area contributed by atoms with Gasteiger partial charge in [0.05, 0.1) is 5.52 Å². The number of nitrogens with zero attached hydrogens (tertiary/aromatic N) is 3. The summed E-state index contributed by atoms with van der Waals surface area (Å²) in [5, 5.41) is 0.913. The van der Waals surface area contributed by atoms with Gasteiger partial charge in [0, 0.05) is 18.5 Å². The summed E-state index contributed by atoms with van der Waals surface area (Å²) < 4.78 is 1.31. The highest BCUT2D eigenvalue weighted by atomic mass is 16.2. The second-order valence-corrected chi connectivity index (χ2v) is 6.84. The number of nitrogens with one attached hydrogen (secondary N) is 1. The quantitative estimate of drug-likeness (QED) is 0.638. The standard InChI is InChI=1S/C21H25N5O3/c1-3-5-13-26-18(22)17(19(27)24-21(26)29)25(12-4-2)20(28)16-11-10-14-8-6-7-9-15(14)23-16/h6-11H,3-5,12-13,22H2,1-2H3,(H,24,27,29). The summed E-state index contributed by atoms with van der Waals surface area (Å²) in [7, 11) is 0. The van der Waals surface area contributed by atoms with Crippen molar-refractivity contribution in [2.75, 3.05) is 17.2 Å². The van der Waals surface area contributed by atoms with Gasteiger partial charge in [0.2, 0.25) is 0 Å². The molecule has 0 bridgehead atoms. The lowest BCUT2D eigenvalue weighted by Gasteiger charge is -2.24. The fraction of sp³-hybridized carbons (Fsp3) is 0.333. The van der Waals surface area contributed by atoms with Crippen molar-refractivity contribution in [3.63, 3.8) is 0 Å². The number of rotatable bonds is 7. The Hall–Kier alpha value is -3.42. The third-order valence-electron chi connectivity index (χ3n) is 4.73. The summed E-state index contributed by atoms with van der Waals surface area (Å²) in [5.41, 5.74) is 5.83. The summed E-state index contributed by atoms with van der Waals surface area (Å²) in [6.07, 6.45) is 2.19. The number of fused-ring (bicyclic) bond motifs is 1. The van der Waals surface area contributed by atoms with Crippen molar-refractivity contribution in [1.82, 2.24) is 14.5 Å². The zero-order chi connectivity index (χ0) is 21.0. The number of nitrogens with two attached hydrogens (primary N) is 1. The highest BCUT2D eigenvalue weighted by molar-refractivity contribution is 6.06. The van der Waals surface area contributed by atoms with Crippen molar-refractivity contribution in [1.29, 1.82) is 0 Å². The molecule has 0 atom stereocenters. The Labute approximate surface area is 168 Å². The van der Waals surface area contributed by atoms with E-state index in [0.717, 1.165) is 18.2 Å². The molecule has 0 fully saturated rings. The molecule has 8 heteroatoms. The molecule has 0 saturated carbocycles. The number of nitrogen functional groups attached to an aromatic ring is 1. The Balaban J connectivity index is 2.10. The van der Waals surface area contributed by atoms with Crippen molar-refractivity contribution >= 4 is 28.3 Å². The highest BCUT2D eigenvalue weighted by Crippen LogP contribution is 2.21. The van der Waals surface area contributed by atoms with E-state index in [4.69, 9.17) is 5.73 Å². The topological polar surface area (TPSA) is 114 Å². The number of unbranched alkanes of at least 4 members (excludes halogenated alkanes) is 1. The Morgan fingerprint density at radius 2 is 1.90 bits per heavy atom. The smallest absolute Gasteiger partial charge is 0.330 e. The van der Waals surface area contributed by atoms with Crippen molar-refractivity contribution < 1.29 is 4.79 Å². The lowest BCUT2D eigenvalue weighted by molar-refractivity contribution is 0.0982. The monoisotopic (exact) mass is 395 g/mol. The van der Waals surface area contributed by atoms with E-state index in [9.17, 15) is 14.4 Å². The summed E-state index contributed by atoms with van der Waals surface area (Å²) >= 11 is 0. The van der Waals surface area contributed by atoms with Gasteiger partial charge < -0.3 is 5.73 Å². The molecule has 3 N–H and O–H groups in total. The van der Waals surface area contributed by atoms with Crippen molar-refractivity contribution in [2.24, 2.45) is 0 Å². The van der Waals surface area contributed by atoms with Crippen LogP contribution >= 0.6 is 0 Å². The van der Waals surface area contributed by atoms with E-state index in [1.165, 1.54) is 9.47 Å². The van der Waals surface area contributed by atoms with Crippen LogP contribution in [0.15, 0.2) is 46.0 Å². The van der Waals surface area contributed by atoms with Gasteiger partial charge in [0.25, 0.3) is 11.5 Å². The predicted octanol–water partition coefficient (Wildman–Crippen LogP) is 2.52.